The molecule has 6 nitrogen and oxygen atoms in total. The van der Waals surface area contributed by atoms with E-state index < -0.39 is 5.91 Å². The number of carbonyl (C=O) groups is 1. The summed E-state index contributed by atoms with van der Waals surface area (Å²) in [5, 5.41) is 6.96. The molecule has 0 saturated carbocycles. The van der Waals surface area contributed by atoms with Crippen LogP contribution in [0.5, 0.6) is 5.75 Å². The van der Waals surface area contributed by atoms with Crippen LogP contribution in [0.2, 0.25) is 0 Å². The lowest BCUT2D eigenvalue weighted by atomic mass is 10.4. The second kappa shape index (κ2) is 6.76. The molecule has 23 heavy (non-hydrogen) atoms. The largest absolute Gasteiger partial charge is 0.477 e. The molecule has 0 spiro atoms. The van der Waals surface area contributed by atoms with Gasteiger partial charge >= 0.3 is 0 Å². The van der Waals surface area contributed by atoms with Crippen molar-refractivity contribution >= 4 is 33.7 Å². The predicted molar refractivity (Wildman–Crippen MR) is 89.3 cm³/mol. The molecule has 0 unspecified atom stereocenters. The van der Waals surface area contributed by atoms with Gasteiger partial charge in [-0.25, -0.2) is 4.98 Å². The number of rotatable bonds is 5. The molecule has 1 N–H and O–H groups in total. The monoisotopic (exact) mass is 348 g/mol. The van der Waals surface area contributed by atoms with Gasteiger partial charge in [0.05, 0.1) is 10.6 Å². The van der Waals surface area contributed by atoms with Gasteiger partial charge < -0.3 is 9.15 Å². The normalized spacial score (nSPS) is 10.5. The zero-order valence-corrected chi connectivity index (χ0v) is 13.7. The van der Waals surface area contributed by atoms with Crippen LogP contribution in [0.3, 0.4) is 0 Å². The van der Waals surface area contributed by atoms with Crippen LogP contribution < -0.4 is 15.5 Å². The fraction of sp³-hybridized carbons (Fsp3) is 0.133. The highest BCUT2D eigenvalue weighted by Crippen LogP contribution is 2.28. The van der Waals surface area contributed by atoms with E-state index in [1.807, 2.05) is 22.9 Å². The van der Waals surface area contributed by atoms with Gasteiger partial charge in [0.2, 0.25) is 11.2 Å². The average molecular weight is 348 g/mol. The first kappa shape index (κ1) is 15.4. The van der Waals surface area contributed by atoms with Gasteiger partial charge in [0.25, 0.3) is 5.91 Å². The molecule has 0 saturated heterocycles. The van der Waals surface area contributed by atoms with E-state index in [1.54, 1.807) is 18.3 Å². The minimum atomic E-state index is -0.392. The Morgan fingerprint density at radius 1 is 1.43 bits per heavy atom. The Labute approximate surface area is 139 Å². The van der Waals surface area contributed by atoms with Crippen LogP contribution in [0, 0.1) is 6.92 Å². The molecule has 3 aromatic rings. The molecule has 3 rings (SSSR count). The lowest BCUT2D eigenvalue weighted by molar-refractivity contribution is -0.118. The van der Waals surface area contributed by atoms with Crippen LogP contribution in [0.1, 0.15) is 5.76 Å². The number of carbonyl (C=O) groups excluding carboxylic acids is 1. The van der Waals surface area contributed by atoms with Crippen LogP contribution in [-0.2, 0) is 4.79 Å². The van der Waals surface area contributed by atoms with Gasteiger partial charge in [0, 0.05) is 11.4 Å². The van der Waals surface area contributed by atoms with Crippen molar-refractivity contribution in [2.24, 2.45) is 0 Å². The second-order valence-corrected chi connectivity index (χ2v) is 6.38. The zero-order valence-electron chi connectivity index (χ0n) is 12.1. The van der Waals surface area contributed by atoms with Crippen LogP contribution in [0.4, 0.5) is 5.13 Å². The number of amides is 1. The van der Waals surface area contributed by atoms with E-state index in [9.17, 15) is 9.59 Å². The summed E-state index contributed by atoms with van der Waals surface area (Å²) in [6, 6.07) is 5.21. The van der Waals surface area contributed by atoms with E-state index in [0.717, 1.165) is 10.6 Å². The van der Waals surface area contributed by atoms with E-state index in [1.165, 1.54) is 23.7 Å². The summed E-state index contributed by atoms with van der Waals surface area (Å²) in [5.74, 6) is 0.0944. The highest BCUT2D eigenvalue weighted by molar-refractivity contribution is 7.16. The Hall–Kier alpha value is -2.45. The van der Waals surface area contributed by atoms with Crippen LogP contribution in [-0.4, -0.2) is 17.5 Å². The maximum atomic E-state index is 11.9. The first-order chi connectivity index (χ1) is 11.1. The highest BCUT2D eigenvalue weighted by atomic mass is 32.1. The fourth-order valence-electron chi connectivity index (χ4n) is 1.77. The molecule has 3 aromatic heterocycles. The number of thiophene rings is 1. The minimum absolute atomic E-state index is 0.00385. The summed E-state index contributed by atoms with van der Waals surface area (Å²) >= 11 is 2.91. The predicted octanol–water partition coefficient (Wildman–Crippen LogP) is 3.15. The maximum absolute atomic E-state index is 11.9. The van der Waals surface area contributed by atoms with E-state index in [0.29, 0.717) is 10.9 Å². The smallest absolute Gasteiger partial charge is 0.264 e. The number of thiazole rings is 1. The molecule has 0 bridgehead atoms. The van der Waals surface area contributed by atoms with Gasteiger partial charge in [0.1, 0.15) is 12.0 Å². The molecule has 118 valence electrons. The summed E-state index contributed by atoms with van der Waals surface area (Å²) in [6.45, 7) is 1.37. The molecule has 3 heterocycles. The van der Waals surface area contributed by atoms with Crippen LogP contribution in [0.15, 0.2) is 44.4 Å². The summed E-state index contributed by atoms with van der Waals surface area (Å²) in [5.41, 5.74) is 0.496. The molecule has 0 aliphatic carbocycles. The summed E-state index contributed by atoms with van der Waals surface area (Å²) in [7, 11) is 0. The summed E-state index contributed by atoms with van der Waals surface area (Å²) in [6.07, 6.45) is 1.20. The van der Waals surface area contributed by atoms with Crippen molar-refractivity contribution < 1.29 is 13.9 Å². The van der Waals surface area contributed by atoms with Gasteiger partial charge in [0.15, 0.2) is 11.7 Å². The van der Waals surface area contributed by atoms with Crippen molar-refractivity contribution in [2.45, 2.75) is 6.92 Å². The zero-order chi connectivity index (χ0) is 16.2. The van der Waals surface area contributed by atoms with E-state index in [-0.39, 0.29) is 17.8 Å². The molecule has 0 radical (unpaired) electrons. The van der Waals surface area contributed by atoms with Crippen molar-refractivity contribution in [3.63, 3.8) is 0 Å². The third-order valence-corrected chi connectivity index (χ3v) is 4.46. The molecule has 0 fully saturated rings. The summed E-state index contributed by atoms with van der Waals surface area (Å²) in [4.78, 5) is 28.9. The van der Waals surface area contributed by atoms with Gasteiger partial charge in [-0.2, -0.15) is 0 Å². The SMILES string of the molecule is Cc1cc(=O)c(OCC(=O)Nc2nc(-c3cccs3)cs2)co1. The first-order valence-electron chi connectivity index (χ1n) is 6.63. The molecule has 0 aliphatic rings. The Morgan fingerprint density at radius 3 is 3.04 bits per heavy atom. The Bertz CT molecular complexity index is 868. The lowest BCUT2D eigenvalue weighted by Crippen LogP contribution is -2.22. The van der Waals surface area contributed by atoms with E-state index >= 15 is 0 Å². The molecule has 8 heteroatoms. The third-order valence-electron chi connectivity index (χ3n) is 2.81. The average Bonchev–Trinajstić information content (AvgIpc) is 3.17. The fourth-order valence-corrected chi connectivity index (χ4v) is 3.25. The quantitative estimate of drug-likeness (QED) is 0.766. The van der Waals surface area contributed by atoms with Crippen molar-refractivity contribution in [1.29, 1.82) is 0 Å². The number of nitrogens with zero attached hydrogens (tertiary/aromatic N) is 1. The Morgan fingerprint density at radius 2 is 2.30 bits per heavy atom. The van der Waals surface area contributed by atoms with Crippen molar-refractivity contribution in [2.75, 3.05) is 11.9 Å². The summed E-state index contributed by atoms with van der Waals surface area (Å²) < 4.78 is 10.2. The van der Waals surface area contributed by atoms with Gasteiger partial charge in [-0.1, -0.05) is 6.07 Å². The number of aryl methyl sites for hydroxylation is 1. The number of anilines is 1. The number of hydrogen-bond donors (Lipinski definition) is 1. The lowest BCUT2D eigenvalue weighted by Gasteiger charge is -2.04. The topological polar surface area (TPSA) is 81.4 Å². The molecule has 0 atom stereocenters. The van der Waals surface area contributed by atoms with Crippen molar-refractivity contribution in [3.8, 4) is 16.3 Å². The highest BCUT2D eigenvalue weighted by Gasteiger charge is 2.10. The van der Waals surface area contributed by atoms with Gasteiger partial charge in [-0.05, 0) is 18.4 Å². The van der Waals surface area contributed by atoms with E-state index in [4.69, 9.17) is 9.15 Å². The van der Waals surface area contributed by atoms with Crippen molar-refractivity contribution in [3.05, 3.63) is 51.2 Å². The minimum Gasteiger partial charge on any atom is -0.477 e. The van der Waals surface area contributed by atoms with E-state index in [2.05, 4.69) is 10.3 Å². The van der Waals surface area contributed by atoms with Crippen molar-refractivity contribution in [1.82, 2.24) is 4.98 Å². The molecule has 0 aliphatic heterocycles. The number of hydrogen-bond acceptors (Lipinski definition) is 7. The van der Waals surface area contributed by atoms with Gasteiger partial charge in [-0.15, -0.1) is 22.7 Å². The van der Waals surface area contributed by atoms with Gasteiger partial charge in [-0.3, -0.25) is 14.9 Å². The Balaban J connectivity index is 1.58. The molecular weight excluding hydrogens is 336 g/mol. The number of ether oxygens (including phenoxy) is 1. The number of nitrogens with one attached hydrogen (secondary N) is 1. The third kappa shape index (κ3) is 3.85. The standard InChI is InChI=1S/C15H12N2O4S2/c1-9-5-11(18)12(6-20-9)21-7-14(19)17-15-16-10(8-23-15)13-3-2-4-22-13/h2-6,8H,7H2,1H3,(H,16,17,19). The second-order valence-electron chi connectivity index (χ2n) is 4.57. The molecule has 0 aromatic carbocycles. The first-order valence-corrected chi connectivity index (χ1v) is 8.39. The van der Waals surface area contributed by atoms with Crippen LogP contribution in [0.25, 0.3) is 10.6 Å². The number of aromatic nitrogens is 1. The maximum Gasteiger partial charge on any atom is 0.264 e. The molecule has 1 amide bonds. The molecular formula is C15H12N2O4S2. The van der Waals surface area contributed by atoms with Crippen LogP contribution >= 0.6 is 22.7 Å². The Kier molecular flexibility index (Phi) is 4.54.